The third kappa shape index (κ3) is 2.24. The van der Waals surface area contributed by atoms with E-state index in [0.29, 0.717) is 23.9 Å². The Morgan fingerprint density at radius 1 is 1.69 bits per heavy atom. The van der Waals surface area contributed by atoms with Crippen molar-refractivity contribution in [2.45, 2.75) is 25.9 Å². The van der Waals surface area contributed by atoms with Crippen LogP contribution < -0.4 is 0 Å². The molecule has 0 aliphatic heterocycles. The number of hydrogen-bond donors (Lipinski definition) is 1. The molecule has 0 aromatic carbocycles. The first kappa shape index (κ1) is 11.1. The van der Waals surface area contributed by atoms with Crippen molar-refractivity contribution < 1.29 is 14.4 Å². The molecule has 0 unspecified atom stereocenters. The van der Waals surface area contributed by atoms with Gasteiger partial charge in [0.05, 0.1) is 6.10 Å². The second-order valence-electron chi connectivity index (χ2n) is 4.50. The van der Waals surface area contributed by atoms with Gasteiger partial charge in [-0.05, 0) is 25.7 Å². The van der Waals surface area contributed by atoms with Crippen LogP contribution in [-0.2, 0) is 0 Å². The van der Waals surface area contributed by atoms with Crippen LogP contribution in [0, 0.1) is 12.8 Å². The molecule has 1 N–H and O–H groups in total. The van der Waals surface area contributed by atoms with E-state index in [0.717, 1.165) is 12.8 Å². The number of rotatable bonds is 3. The average molecular weight is 224 g/mol. The maximum Gasteiger partial charge on any atom is 0.275 e. The lowest BCUT2D eigenvalue weighted by molar-refractivity contribution is 0.0263. The minimum absolute atomic E-state index is 0.127. The van der Waals surface area contributed by atoms with E-state index in [1.807, 2.05) is 0 Å². The Balaban J connectivity index is 1.89. The van der Waals surface area contributed by atoms with Gasteiger partial charge in [0.1, 0.15) is 5.76 Å². The topological polar surface area (TPSA) is 66.6 Å². The Hall–Kier alpha value is -1.36. The number of hydrogen-bond acceptors (Lipinski definition) is 4. The Kier molecular flexibility index (Phi) is 2.96. The molecule has 1 heterocycles. The number of aromatic nitrogens is 1. The van der Waals surface area contributed by atoms with E-state index in [2.05, 4.69) is 5.16 Å². The molecule has 16 heavy (non-hydrogen) atoms. The fourth-order valence-corrected chi connectivity index (χ4v) is 1.98. The first-order valence-corrected chi connectivity index (χ1v) is 5.43. The summed E-state index contributed by atoms with van der Waals surface area (Å²) in [5.74, 6) is 0.922. The summed E-state index contributed by atoms with van der Waals surface area (Å²) < 4.78 is 4.86. The second-order valence-corrected chi connectivity index (χ2v) is 4.50. The number of nitrogens with zero attached hydrogens (tertiary/aromatic N) is 2. The monoisotopic (exact) mass is 224 g/mol. The third-order valence-electron chi connectivity index (χ3n) is 2.94. The first-order valence-electron chi connectivity index (χ1n) is 5.43. The minimum atomic E-state index is -0.178. The van der Waals surface area contributed by atoms with E-state index < -0.39 is 0 Å². The Morgan fingerprint density at radius 2 is 2.38 bits per heavy atom. The molecule has 1 aliphatic carbocycles. The van der Waals surface area contributed by atoms with Crippen LogP contribution in [0.15, 0.2) is 10.6 Å². The highest BCUT2D eigenvalue weighted by Crippen LogP contribution is 2.27. The molecule has 88 valence electrons. The van der Waals surface area contributed by atoms with Crippen molar-refractivity contribution in [3.8, 4) is 0 Å². The van der Waals surface area contributed by atoms with E-state index >= 15 is 0 Å². The van der Waals surface area contributed by atoms with E-state index in [4.69, 9.17) is 9.63 Å². The van der Waals surface area contributed by atoms with Crippen molar-refractivity contribution in [1.82, 2.24) is 10.1 Å². The van der Waals surface area contributed by atoms with Crippen LogP contribution in [0.2, 0.25) is 0 Å². The summed E-state index contributed by atoms with van der Waals surface area (Å²) in [5, 5.41) is 12.8. The van der Waals surface area contributed by atoms with Crippen molar-refractivity contribution >= 4 is 5.91 Å². The van der Waals surface area contributed by atoms with Crippen LogP contribution in [0.1, 0.15) is 29.1 Å². The summed E-state index contributed by atoms with van der Waals surface area (Å²) in [7, 11) is 1.75. The largest absolute Gasteiger partial charge is 0.393 e. The number of carbonyl (C=O) groups is 1. The van der Waals surface area contributed by atoms with Crippen molar-refractivity contribution in [2.24, 2.45) is 5.92 Å². The summed E-state index contributed by atoms with van der Waals surface area (Å²) in [6.07, 6.45) is 1.40. The summed E-state index contributed by atoms with van der Waals surface area (Å²) in [6, 6.07) is 1.63. The molecular weight excluding hydrogens is 208 g/mol. The molecule has 5 heteroatoms. The molecule has 1 amide bonds. The third-order valence-corrected chi connectivity index (χ3v) is 2.94. The van der Waals surface area contributed by atoms with Crippen LogP contribution in [-0.4, -0.2) is 40.8 Å². The summed E-state index contributed by atoms with van der Waals surface area (Å²) in [6.45, 7) is 2.42. The number of aryl methyl sites for hydroxylation is 1. The smallest absolute Gasteiger partial charge is 0.275 e. The number of aliphatic hydroxyl groups excluding tert-OH is 1. The van der Waals surface area contributed by atoms with Gasteiger partial charge in [-0.25, -0.2) is 0 Å². The maximum absolute atomic E-state index is 11.9. The fraction of sp³-hybridized carbons (Fsp3) is 0.636. The molecule has 5 nitrogen and oxygen atoms in total. The predicted octanol–water partition coefficient (Wildman–Crippen LogP) is 0.826. The highest BCUT2D eigenvalue weighted by Gasteiger charge is 2.29. The molecule has 1 fully saturated rings. The van der Waals surface area contributed by atoms with E-state index in [9.17, 15) is 4.79 Å². The highest BCUT2D eigenvalue weighted by molar-refractivity contribution is 5.92. The highest BCUT2D eigenvalue weighted by atomic mass is 16.5. The molecular formula is C11H16N2O3. The molecule has 0 atom stereocenters. The van der Waals surface area contributed by atoms with Gasteiger partial charge in [-0.15, -0.1) is 0 Å². The van der Waals surface area contributed by atoms with Crippen LogP contribution >= 0.6 is 0 Å². The van der Waals surface area contributed by atoms with Gasteiger partial charge in [0.2, 0.25) is 0 Å². The van der Waals surface area contributed by atoms with Gasteiger partial charge in [0.15, 0.2) is 5.69 Å². The van der Waals surface area contributed by atoms with Gasteiger partial charge in [-0.3, -0.25) is 4.79 Å². The summed E-state index contributed by atoms with van der Waals surface area (Å²) in [5.41, 5.74) is 0.347. The van der Waals surface area contributed by atoms with Crippen molar-refractivity contribution in [3.05, 3.63) is 17.5 Å². The molecule has 1 saturated carbocycles. The molecule has 0 bridgehead atoms. The van der Waals surface area contributed by atoms with Gasteiger partial charge in [0.25, 0.3) is 5.91 Å². The summed E-state index contributed by atoms with van der Waals surface area (Å²) in [4.78, 5) is 13.5. The fourth-order valence-electron chi connectivity index (χ4n) is 1.98. The molecule has 0 radical (unpaired) electrons. The zero-order valence-corrected chi connectivity index (χ0v) is 9.51. The second kappa shape index (κ2) is 4.25. The van der Waals surface area contributed by atoms with Crippen molar-refractivity contribution in [1.29, 1.82) is 0 Å². The van der Waals surface area contributed by atoms with Gasteiger partial charge >= 0.3 is 0 Å². The zero-order valence-electron chi connectivity index (χ0n) is 9.51. The van der Waals surface area contributed by atoms with Crippen molar-refractivity contribution in [3.63, 3.8) is 0 Å². The Morgan fingerprint density at radius 3 is 2.88 bits per heavy atom. The maximum atomic E-state index is 11.9. The van der Waals surface area contributed by atoms with Crippen LogP contribution in [0.4, 0.5) is 0 Å². The van der Waals surface area contributed by atoms with E-state index in [-0.39, 0.29) is 12.0 Å². The van der Waals surface area contributed by atoms with E-state index in [1.165, 1.54) is 0 Å². The number of carbonyl (C=O) groups excluding carboxylic acids is 1. The van der Waals surface area contributed by atoms with Gasteiger partial charge in [-0.2, -0.15) is 0 Å². The first-order chi connectivity index (χ1) is 7.56. The Bertz CT molecular complexity index is 382. The minimum Gasteiger partial charge on any atom is -0.393 e. The molecule has 1 aromatic heterocycles. The van der Waals surface area contributed by atoms with Gasteiger partial charge in [0, 0.05) is 19.7 Å². The van der Waals surface area contributed by atoms with Crippen LogP contribution in [0.5, 0.6) is 0 Å². The van der Waals surface area contributed by atoms with Crippen LogP contribution in [0.25, 0.3) is 0 Å². The van der Waals surface area contributed by atoms with E-state index in [1.54, 1.807) is 24.9 Å². The summed E-state index contributed by atoms with van der Waals surface area (Å²) >= 11 is 0. The number of aliphatic hydroxyl groups is 1. The number of amides is 1. The molecule has 1 aliphatic rings. The Labute approximate surface area is 94.0 Å². The van der Waals surface area contributed by atoms with Gasteiger partial charge < -0.3 is 14.5 Å². The molecule has 0 saturated heterocycles. The lowest BCUT2D eigenvalue weighted by atomic mass is 9.82. The van der Waals surface area contributed by atoms with Crippen molar-refractivity contribution in [2.75, 3.05) is 13.6 Å². The normalized spacial score (nSPS) is 23.9. The quantitative estimate of drug-likeness (QED) is 0.825. The van der Waals surface area contributed by atoms with Crippen LogP contribution in [0.3, 0.4) is 0 Å². The average Bonchev–Trinajstić information content (AvgIpc) is 2.61. The zero-order chi connectivity index (χ0) is 11.7. The standard InChI is InChI=1S/C11H16N2O3/c1-7-3-10(12-16-7)11(15)13(2)6-8-4-9(14)5-8/h3,8-9,14H,4-6H2,1-2H3. The lowest BCUT2D eigenvalue weighted by Crippen LogP contribution is -2.39. The van der Waals surface area contributed by atoms with Gasteiger partial charge in [-0.1, -0.05) is 5.16 Å². The molecule has 1 aromatic rings. The lowest BCUT2D eigenvalue weighted by Gasteiger charge is -2.34. The molecule has 0 spiro atoms. The SMILES string of the molecule is Cc1cc(C(=O)N(C)CC2CC(O)C2)no1. The predicted molar refractivity (Wildman–Crippen MR) is 56.9 cm³/mol. The molecule has 2 rings (SSSR count).